The van der Waals surface area contributed by atoms with Crippen molar-refractivity contribution < 1.29 is 4.74 Å². The lowest BCUT2D eigenvalue weighted by molar-refractivity contribution is 0.0750. The third-order valence-electron chi connectivity index (χ3n) is 1.51. The van der Waals surface area contributed by atoms with E-state index in [0.29, 0.717) is 6.04 Å². The van der Waals surface area contributed by atoms with Crippen molar-refractivity contribution in [2.45, 2.75) is 12.5 Å². The van der Waals surface area contributed by atoms with E-state index in [1.807, 2.05) is 0 Å². The van der Waals surface area contributed by atoms with Crippen LogP contribution in [0.1, 0.15) is 6.42 Å². The third kappa shape index (κ3) is 2.30. The number of nitrogens with one attached hydrogen (secondary N) is 1. The molecule has 1 fully saturated rings. The molecule has 1 aliphatic rings. The smallest absolute Gasteiger partial charge is 0.0620 e. The number of nitrogens with two attached hydrogens (primary N) is 1. The Kier molecular flexibility index (Phi) is 2.97. The Bertz CT molecular complexity index is 68.7. The molecule has 1 unspecified atom stereocenters. The molecular weight excluding hydrogens is 116 g/mol. The maximum absolute atomic E-state index is 5.36. The van der Waals surface area contributed by atoms with Crippen LogP contribution in [-0.4, -0.2) is 32.3 Å². The SMILES string of the molecule is NCCC1COCCN1. The van der Waals surface area contributed by atoms with Crippen molar-refractivity contribution in [3.63, 3.8) is 0 Å². The number of morpholine rings is 1. The van der Waals surface area contributed by atoms with Crippen LogP contribution in [0.2, 0.25) is 0 Å². The summed E-state index contributed by atoms with van der Waals surface area (Å²) < 4.78 is 5.22. The van der Waals surface area contributed by atoms with E-state index >= 15 is 0 Å². The largest absolute Gasteiger partial charge is 0.379 e. The van der Waals surface area contributed by atoms with Gasteiger partial charge >= 0.3 is 0 Å². The monoisotopic (exact) mass is 130 g/mol. The van der Waals surface area contributed by atoms with Crippen molar-refractivity contribution in [3.8, 4) is 0 Å². The molecule has 0 spiro atoms. The maximum Gasteiger partial charge on any atom is 0.0620 e. The molecule has 3 N–H and O–H groups in total. The van der Waals surface area contributed by atoms with Gasteiger partial charge < -0.3 is 15.8 Å². The summed E-state index contributed by atoms with van der Waals surface area (Å²) in [5, 5.41) is 3.32. The minimum atomic E-state index is 0.503. The van der Waals surface area contributed by atoms with Crippen LogP contribution >= 0.6 is 0 Å². The Hall–Kier alpha value is -0.120. The molecule has 0 radical (unpaired) electrons. The van der Waals surface area contributed by atoms with E-state index in [9.17, 15) is 0 Å². The van der Waals surface area contributed by atoms with E-state index in [-0.39, 0.29) is 0 Å². The second-order valence-electron chi connectivity index (χ2n) is 2.30. The molecule has 0 aromatic heterocycles. The Morgan fingerprint density at radius 1 is 1.67 bits per heavy atom. The highest BCUT2D eigenvalue weighted by molar-refractivity contribution is 4.69. The first-order valence-corrected chi connectivity index (χ1v) is 3.44. The highest BCUT2D eigenvalue weighted by Crippen LogP contribution is 1.95. The predicted octanol–water partition coefficient (Wildman–Crippen LogP) is -0.676. The molecule has 0 saturated carbocycles. The van der Waals surface area contributed by atoms with Crippen molar-refractivity contribution in [2.75, 3.05) is 26.3 Å². The van der Waals surface area contributed by atoms with Gasteiger partial charge in [-0.1, -0.05) is 0 Å². The van der Waals surface area contributed by atoms with E-state index in [0.717, 1.165) is 32.7 Å². The lowest BCUT2D eigenvalue weighted by Crippen LogP contribution is -2.42. The molecule has 3 nitrogen and oxygen atoms in total. The van der Waals surface area contributed by atoms with E-state index < -0.39 is 0 Å². The second kappa shape index (κ2) is 3.82. The molecular formula is C6H14N2O. The molecule has 1 aliphatic heterocycles. The van der Waals surface area contributed by atoms with Gasteiger partial charge in [-0.3, -0.25) is 0 Å². The van der Waals surface area contributed by atoms with Gasteiger partial charge in [0.05, 0.1) is 13.2 Å². The van der Waals surface area contributed by atoms with Gasteiger partial charge in [-0.15, -0.1) is 0 Å². The van der Waals surface area contributed by atoms with Crippen LogP contribution in [0, 0.1) is 0 Å². The van der Waals surface area contributed by atoms with Gasteiger partial charge in [-0.25, -0.2) is 0 Å². The normalized spacial score (nSPS) is 28.3. The molecule has 0 aromatic carbocycles. The summed E-state index contributed by atoms with van der Waals surface area (Å²) >= 11 is 0. The van der Waals surface area contributed by atoms with Crippen LogP contribution in [0.3, 0.4) is 0 Å². The van der Waals surface area contributed by atoms with E-state index in [2.05, 4.69) is 5.32 Å². The average Bonchev–Trinajstić information content (AvgIpc) is 1.91. The molecule has 0 bridgehead atoms. The van der Waals surface area contributed by atoms with Crippen molar-refractivity contribution in [1.82, 2.24) is 5.32 Å². The Balaban J connectivity index is 2.08. The minimum absolute atomic E-state index is 0.503. The number of rotatable bonds is 2. The molecule has 3 heteroatoms. The first-order valence-electron chi connectivity index (χ1n) is 3.44. The van der Waals surface area contributed by atoms with Gasteiger partial charge in [0.25, 0.3) is 0 Å². The molecule has 1 heterocycles. The van der Waals surface area contributed by atoms with Crippen LogP contribution in [0.5, 0.6) is 0 Å². The second-order valence-corrected chi connectivity index (χ2v) is 2.30. The molecule has 54 valence electrons. The topological polar surface area (TPSA) is 47.3 Å². The van der Waals surface area contributed by atoms with Crippen molar-refractivity contribution in [1.29, 1.82) is 0 Å². The summed E-state index contributed by atoms with van der Waals surface area (Å²) in [4.78, 5) is 0. The highest BCUT2D eigenvalue weighted by atomic mass is 16.5. The average molecular weight is 130 g/mol. The molecule has 0 aliphatic carbocycles. The highest BCUT2D eigenvalue weighted by Gasteiger charge is 2.10. The van der Waals surface area contributed by atoms with Crippen molar-refractivity contribution in [2.24, 2.45) is 5.73 Å². The zero-order valence-electron chi connectivity index (χ0n) is 5.60. The van der Waals surface area contributed by atoms with Crippen molar-refractivity contribution in [3.05, 3.63) is 0 Å². The summed E-state index contributed by atoms with van der Waals surface area (Å²) in [6.07, 6.45) is 1.03. The van der Waals surface area contributed by atoms with Crippen LogP contribution in [0.25, 0.3) is 0 Å². The van der Waals surface area contributed by atoms with E-state index in [1.165, 1.54) is 0 Å². The molecule has 9 heavy (non-hydrogen) atoms. The number of hydrogen-bond donors (Lipinski definition) is 2. The minimum Gasteiger partial charge on any atom is -0.379 e. The lowest BCUT2D eigenvalue weighted by Gasteiger charge is -2.22. The van der Waals surface area contributed by atoms with Crippen LogP contribution in [-0.2, 0) is 4.74 Å². The first-order chi connectivity index (χ1) is 4.43. The Morgan fingerprint density at radius 3 is 3.11 bits per heavy atom. The summed E-state index contributed by atoms with van der Waals surface area (Å²) in [5.74, 6) is 0. The molecule has 1 rings (SSSR count). The summed E-state index contributed by atoms with van der Waals surface area (Å²) in [6, 6.07) is 0.503. The zero-order chi connectivity index (χ0) is 6.53. The van der Waals surface area contributed by atoms with E-state index in [1.54, 1.807) is 0 Å². The number of hydrogen-bond acceptors (Lipinski definition) is 3. The fourth-order valence-corrected chi connectivity index (χ4v) is 1.01. The summed E-state index contributed by atoms with van der Waals surface area (Å²) in [5.41, 5.74) is 5.36. The number of ether oxygens (including phenoxy) is 1. The van der Waals surface area contributed by atoms with Crippen LogP contribution < -0.4 is 11.1 Å². The van der Waals surface area contributed by atoms with Gasteiger partial charge in [0.2, 0.25) is 0 Å². The third-order valence-corrected chi connectivity index (χ3v) is 1.51. The lowest BCUT2D eigenvalue weighted by atomic mass is 10.2. The predicted molar refractivity (Wildman–Crippen MR) is 36.3 cm³/mol. The molecule has 1 saturated heterocycles. The zero-order valence-corrected chi connectivity index (χ0v) is 5.60. The summed E-state index contributed by atoms with van der Waals surface area (Å²) in [6.45, 7) is 3.41. The van der Waals surface area contributed by atoms with Gasteiger partial charge in [-0.05, 0) is 13.0 Å². The Morgan fingerprint density at radius 2 is 2.56 bits per heavy atom. The van der Waals surface area contributed by atoms with Gasteiger partial charge in [-0.2, -0.15) is 0 Å². The first kappa shape index (κ1) is 6.99. The standard InChI is InChI=1S/C6H14N2O/c7-2-1-6-5-9-4-3-8-6/h6,8H,1-5,7H2. The molecule has 0 aromatic rings. The summed E-state index contributed by atoms with van der Waals surface area (Å²) in [7, 11) is 0. The Labute approximate surface area is 55.6 Å². The fraction of sp³-hybridized carbons (Fsp3) is 1.00. The van der Waals surface area contributed by atoms with Gasteiger partial charge in [0.1, 0.15) is 0 Å². The van der Waals surface area contributed by atoms with Crippen LogP contribution in [0.15, 0.2) is 0 Å². The fourth-order valence-electron chi connectivity index (χ4n) is 1.01. The maximum atomic E-state index is 5.36. The molecule has 1 atom stereocenters. The quantitative estimate of drug-likeness (QED) is 0.521. The van der Waals surface area contributed by atoms with Crippen molar-refractivity contribution >= 4 is 0 Å². The van der Waals surface area contributed by atoms with Gasteiger partial charge in [0.15, 0.2) is 0 Å². The van der Waals surface area contributed by atoms with Gasteiger partial charge in [0, 0.05) is 12.6 Å². The van der Waals surface area contributed by atoms with E-state index in [4.69, 9.17) is 10.5 Å². The van der Waals surface area contributed by atoms with Crippen LogP contribution in [0.4, 0.5) is 0 Å². The molecule has 0 amide bonds.